The van der Waals surface area contributed by atoms with Gasteiger partial charge in [-0.25, -0.2) is 4.98 Å². The molecule has 3 saturated heterocycles. The number of fused-ring (bicyclic) bond motifs is 2. The number of anilines is 1. The maximum atomic E-state index is 12.8. The number of likely N-dealkylation sites (tertiary alicyclic amines) is 2. The fourth-order valence-electron chi connectivity index (χ4n) is 5.56. The van der Waals surface area contributed by atoms with Gasteiger partial charge in [0.25, 0.3) is 5.56 Å². The van der Waals surface area contributed by atoms with Crippen molar-refractivity contribution in [3.63, 3.8) is 0 Å². The first-order chi connectivity index (χ1) is 15.1. The maximum Gasteiger partial charge on any atom is 0.255 e. The van der Waals surface area contributed by atoms with Crippen LogP contribution in [0.15, 0.2) is 4.79 Å². The van der Waals surface area contributed by atoms with Crippen LogP contribution in [0.1, 0.15) is 49.8 Å². The highest BCUT2D eigenvalue weighted by Crippen LogP contribution is 2.44. The highest BCUT2D eigenvalue weighted by Gasteiger charge is 2.45. The summed E-state index contributed by atoms with van der Waals surface area (Å²) in [5, 5.41) is 0. The summed E-state index contributed by atoms with van der Waals surface area (Å²) in [6.07, 6.45) is 5.27. The van der Waals surface area contributed by atoms with E-state index < -0.39 is 0 Å². The number of rotatable bonds is 4. The first kappa shape index (κ1) is 20.5. The van der Waals surface area contributed by atoms with E-state index in [-0.39, 0.29) is 22.8 Å². The van der Waals surface area contributed by atoms with Crippen LogP contribution in [0.2, 0.25) is 0 Å². The molecule has 4 aliphatic rings. The largest absolute Gasteiger partial charge is 0.378 e. The van der Waals surface area contributed by atoms with Crippen molar-refractivity contribution in [1.82, 2.24) is 19.8 Å². The third-order valence-corrected chi connectivity index (χ3v) is 7.51. The van der Waals surface area contributed by atoms with E-state index in [4.69, 9.17) is 9.72 Å². The van der Waals surface area contributed by atoms with Gasteiger partial charge < -0.3 is 19.4 Å². The highest BCUT2D eigenvalue weighted by atomic mass is 16.5. The Hall–Kier alpha value is -2.42. The second-order valence-electron chi connectivity index (χ2n) is 9.21. The van der Waals surface area contributed by atoms with Gasteiger partial charge >= 0.3 is 0 Å². The molecule has 9 nitrogen and oxygen atoms in total. The first-order valence-corrected chi connectivity index (χ1v) is 11.6. The van der Waals surface area contributed by atoms with E-state index in [0.29, 0.717) is 51.6 Å². The molecule has 0 bridgehead atoms. The lowest BCUT2D eigenvalue weighted by Crippen LogP contribution is -2.46. The predicted molar refractivity (Wildman–Crippen MR) is 114 cm³/mol. The molecule has 0 saturated carbocycles. The molecule has 3 aliphatic heterocycles. The Morgan fingerprint density at radius 3 is 2.52 bits per heavy atom. The number of amides is 2. The van der Waals surface area contributed by atoms with E-state index in [0.717, 1.165) is 63.0 Å². The molecule has 0 aromatic carbocycles. The van der Waals surface area contributed by atoms with Crippen molar-refractivity contribution in [3.05, 3.63) is 21.6 Å². The predicted octanol–water partition coefficient (Wildman–Crippen LogP) is 0.425. The minimum atomic E-state index is -0.105. The fraction of sp³-hybridized carbons (Fsp3) is 0.727. The molecule has 2 amide bonds. The molecule has 168 valence electrons. The average Bonchev–Trinajstić information content (AvgIpc) is 3.37. The van der Waals surface area contributed by atoms with E-state index in [1.165, 1.54) is 0 Å². The molecule has 1 aromatic heterocycles. The van der Waals surface area contributed by atoms with Crippen molar-refractivity contribution < 1.29 is 14.3 Å². The van der Waals surface area contributed by atoms with Gasteiger partial charge in [-0.15, -0.1) is 0 Å². The standard InChI is InChI=1S/C22H31N5O4/c28-17-2-1-8-25(17)9-4-18(29)26-10-6-22(7-11-26)5-3-16-19(22)23-21(24-20(16)30)27-12-14-31-15-13-27/h1-15H2,(H,23,24,30). The van der Waals surface area contributed by atoms with Crippen LogP contribution in [0.4, 0.5) is 5.95 Å². The molecule has 1 N–H and O–H groups in total. The van der Waals surface area contributed by atoms with Gasteiger partial charge in [0.2, 0.25) is 17.8 Å². The summed E-state index contributed by atoms with van der Waals surface area (Å²) in [6, 6.07) is 0. The lowest BCUT2D eigenvalue weighted by molar-refractivity contribution is -0.134. The van der Waals surface area contributed by atoms with E-state index in [2.05, 4.69) is 9.88 Å². The van der Waals surface area contributed by atoms with Crippen molar-refractivity contribution >= 4 is 17.8 Å². The number of hydrogen-bond donors (Lipinski definition) is 1. The Labute approximate surface area is 181 Å². The number of carbonyl (C=O) groups excluding carboxylic acids is 2. The Bertz CT molecular complexity index is 915. The normalized spacial score (nSPS) is 23.0. The Morgan fingerprint density at radius 2 is 1.81 bits per heavy atom. The van der Waals surface area contributed by atoms with Crippen LogP contribution in [0.3, 0.4) is 0 Å². The molecule has 9 heteroatoms. The summed E-state index contributed by atoms with van der Waals surface area (Å²) < 4.78 is 5.43. The molecule has 31 heavy (non-hydrogen) atoms. The number of carbonyl (C=O) groups is 2. The zero-order chi connectivity index (χ0) is 21.4. The molecule has 3 fully saturated rings. The SMILES string of the molecule is O=C1CCCN1CCC(=O)N1CCC2(CCc3c2nc(N2CCOCC2)[nH]c3=O)CC1. The van der Waals surface area contributed by atoms with Crippen molar-refractivity contribution in [1.29, 1.82) is 0 Å². The van der Waals surface area contributed by atoms with Crippen LogP contribution in [-0.4, -0.2) is 84.1 Å². The third-order valence-electron chi connectivity index (χ3n) is 7.51. The van der Waals surface area contributed by atoms with E-state index in [1.54, 1.807) is 4.90 Å². The lowest BCUT2D eigenvalue weighted by atomic mass is 9.76. The number of ether oxygens (including phenoxy) is 1. The molecule has 1 aromatic rings. The van der Waals surface area contributed by atoms with Crippen LogP contribution < -0.4 is 10.5 Å². The molecule has 4 heterocycles. The number of aromatic nitrogens is 2. The minimum Gasteiger partial charge on any atom is -0.378 e. The van der Waals surface area contributed by atoms with Gasteiger partial charge in [-0.2, -0.15) is 0 Å². The fourth-order valence-corrected chi connectivity index (χ4v) is 5.56. The molecule has 0 unspecified atom stereocenters. The lowest BCUT2D eigenvalue weighted by Gasteiger charge is -2.40. The Balaban J connectivity index is 1.26. The summed E-state index contributed by atoms with van der Waals surface area (Å²) in [7, 11) is 0. The Kier molecular flexibility index (Phi) is 5.45. The number of hydrogen-bond acceptors (Lipinski definition) is 6. The van der Waals surface area contributed by atoms with Crippen molar-refractivity contribution in [2.45, 2.75) is 50.4 Å². The number of morpholine rings is 1. The van der Waals surface area contributed by atoms with Gasteiger partial charge in [0.15, 0.2) is 0 Å². The van der Waals surface area contributed by atoms with Gasteiger partial charge in [0.05, 0.1) is 18.9 Å². The molecule has 0 radical (unpaired) electrons. The molecule has 1 spiro atoms. The van der Waals surface area contributed by atoms with Crippen molar-refractivity contribution in [3.8, 4) is 0 Å². The van der Waals surface area contributed by atoms with E-state index in [9.17, 15) is 14.4 Å². The van der Waals surface area contributed by atoms with Crippen LogP contribution in [0, 0.1) is 0 Å². The number of H-pyrrole nitrogens is 1. The van der Waals surface area contributed by atoms with E-state index >= 15 is 0 Å². The highest BCUT2D eigenvalue weighted by molar-refractivity contribution is 5.80. The van der Waals surface area contributed by atoms with Gasteiger partial charge in [-0.3, -0.25) is 19.4 Å². The molecule has 0 atom stereocenters. The summed E-state index contributed by atoms with van der Waals surface area (Å²) >= 11 is 0. The van der Waals surface area contributed by atoms with Crippen LogP contribution in [0.5, 0.6) is 0 Å². The van der Waals surface area contributed by atoms with Crippen LogP contribution in [0.25, 0.3) is 0 Å². The van der Waals surface area contributed by atoms with Gasteiger partial charge in [-0.05, 0) is 32.1 Å². The van der Waals surface area contributed by atoms with Crippen LogP contribution in [-0.2, 0) is 26.2 Å². The third kappa shape index (κ3) is 3.84. The Morgan fingerprint density at radius 1 is 1.03 bits per heavy atom. The maximum absolute atomic E-state index is 12.8. The molecular formula is C22H31N5O4. The molecule has 5 rings (SSSR count). The monoisotopic (exact) mass is 429 g/mol. The van der Waals surface area contributed by atoms with Crippen LogP contribution >= 0.6 is 0 Å². The zero-order valence-corrected chi connectivity index (χ0v) is 18.0. The van der Waals surface area contributed by atoms with Gasteiger partial charge in [0.1, 0.15) is 0 Å². The first-order valence-electron chi connectivity index (χ1n) is 11.6. The zero-order valence-electron chi connectivity index (χ0n) is 18.0. The molecular weight excluding hydrogens is 398 g/mol. The summed E-state index contributed by atoms with van der Waals surface area (Å²) in [5.41, 5.74) is 1.65. The number of piperidine rings is 1. The van der Waals surface area contributed by atoms with Gasteiger partial charge in [0, 0.05) is 63.1 Å². The summed E-state index contributed by atoms with van der Waals surface area (Å²) in [5.74, 6) is 0.947. The number of nitrogens with zero attached hydrogens (tertiary/aromatic N) is 4. The smallest absolute Gasteiger partial charge is 0.255 e. The minimum absolute atomic E-state index is 0.0165. The number of nitrogens with one attached hydrogen (secondary N) is 1. The molecule has 1 aliphatic carbocycles. The average molecular weight is 430 g/mol. The summed E-state index contributed by atoms with van der Waals surface area (Å²) in [6.45, 7) is 5.44. The summed E-state index contributed by atoms with van der Waals surface area (Å²) in [4.78, 5) is 51.0. The second-order valence-corrected chi connectivity index (χ2v) is 9.21. The van der Waals surface area contributed by atoms with Crippen molar-refractivity contribution in [2.24, 2.45) is 0 Å². The van der Waals surface area contributed by atoms with E-state index in [1.807, 2.05) is 4.90 Å². The van der Waals surface area contributed by atoms with Gasteiger partial charge in [-0.1, -0.05) is 0 Å². The quantitative estimate of drug-likeness (QED) is 0.745. The number of aromatic amines is 1. The topological polar surface area (TPSA) is 98.8 Å². The second kappa shape index (κ2) is 8.26. The van der Waals surface area contributed by atoms with Crippen molar-refractivity contribution in [2.75, 3.05) is 57.4 Å².